The van der Waals surface area contributed by atoms with Gasteiger partial charge in [0.2, 0.25) is 11.7 Å². The van der Waals surface area contributed by atoms with E-state index in [0.717, 1.165) is 12.1 Å². The Labute approximate surface area is 114 Å². The van der Waals surface area contributed by atoms with E-state index < -0.39 is 0 Å². The molecule has 1 N–H and O–H groups in total. The summed E-state index contributed by atoms with van der Waals surface area (Å²) in [5.74, 6) is 1.23. The molecule has 1 saturated heterocycles. The summed E-state index contributed by atoms with van der Waals surface area (Å²) in [5.41, 5.74) is 0.982. The van der Waals surface area contributed by atoms with Gasteiger partial charge < -0.3 is 14.4 Å². The first kappa shape index (κ1) is 12.7. The number of rotatable bonds is 4. The number of hydrogen-bond acceptors (Lipinski definition) is 7. The van der Waals surface area contributed by atoms with Crippen molar-refractivity contribution >= 4 is 11.3 Å². The maximum atomic E-state index is 9.10. The molecule has 0 saturated carbocycles. The zero-order valence-electron chi connectivity index (χ0n) is 10.4. The number of thiophene rings is 1. The number of aromatic nitrogens is 2. The zero-order chi connectivity index (χ0) is 13.1. The molecule has 1 fully saturated rings. The van der Waals surface area contributed by atoms with Gasteiger partial charge in [0.15, 0.2) is 0 Å². The minimum absolute atomic E-state index is 0.0421. The van der Waals surface area contributed by atoms with E-state index in [1.165, 1.54) is 0 Å². The van der Waals surface area contributed by atoms with Crippen LogP contribution in [-0.4, -0.2) is 52.6 Å². The number of ether oxygens (including phenoxy) is 1. The van der Waals surface area contributed by atoms with E-state index in [1.807, 2.05) is 16.8 Å². The summed E-state index contributed by atoms with van der Waals surface area (Å²) in [6.07, 6.45) is -0.118. The summed E-state index contributed by atoms with van der Waals surface area (Å²) in [5, 5.41) is 17.1. The van der Waals surface area contributed by atoms with Gasteiger partial charge in [0.05, 0.1) is 25.9 Å². The van der Waals surface area contributed by atoms with Gasteiger partial charge in [-0.15, -0.1) is 0 Å². The molecule has 3 heterocycles. The zero-order valence-corrected chi connectivity index (χ0v) is 11.2. The van der Waals surface area contributed by atoms with E-state index in [4.69, 9.17) is 14.4 Å². The van der Waals surface area contributed by atoms with Crippen molar-refractivity contribution in [2.24, 2.45) is 0 Å². The molecule has 0 aromatic carbocycles. The van der Waals surface area contributed by atoms with E-state index in [0.29, 0.717) is 31.4 Å². The van der Waals surface area contributed by atoms with Crippen LogP contribution >= 0.6 is 11.3 Å². The third-order valence-corrected chi connectivity index (χ3v) is 3.72. The maximum absolute atomic E-state index is 9.10. The summed E-state index contributed by atoms with van der Waals surface area (Å²) in [4.78, 5) is 6.53. The Kier molecular flexibility index (Phi) is 3.88. The predicted octanol–water partition coefficient (Wildman–Crippen LogP) is 0.991. The van der Waals surface area contributed by atoms with Crippen LogP contribution in [0.1, 0.15) is 5.89 Å². The van der Waals surface area contributed by atoms with Crippen LogP contribution in [0.3, 0.4) is 0 Å². The molecular formula is C12H15N3O3S. The Hall–Kier alpha value is -1.28. The second kappa shape index (κ2) is 5.79. The van der Waals surface area contributed by atoms with E-state index in [1.54, 1.807) is 11.3 Å². The second-order valence-electron chi connectivity index (χ2n) is 4.43. The smallest absolute Gasteiger partial charge is 0.241 e. The molecule has 2 aromatic heterocycles. The van der Waals surface area contributed by atoms with Crippen molar-refractivity contribution < 1.29 is 14.4 Å². The summed E-state index contributed by atoms with van der Waals surface area (Å²) in [6, 6.07) is 1.97. The van der Waals surface area contributed by atoms with Gasteiger partial charge in [-0.25, -0.2) is 0 Å². The molecule has 1 aliphatic heterocycles. The number of aliphatic hydroxyl groups is 1. The molecule has 0 amide bonds. The van der Waals surface area contributed by atoms with Gasteiger partial charge in [0.25, 0.3) is 0 Å². The van der Waals surface area contributed by atoms with Crippen LogP contribution < -0.4 is 0 Å². The minimum Gasteiger partial charge on any atom is -0.394 e. The van der Waals surface area contributed by atoms with Gasteiger partial charge >= 0.3 is 0 Å². The van der Waals surface area contributed by atoms with Crippen LogP contribution in [0.4, 0.5) is 0 Å². The molecule has 7 heteroatoms. The second-order valence-corrected chi connectivity index (χ2v) is 5.21. The number of aliphatic hydroxyl groups excluding tert-OH is 1. The monoisotopic (exact) mass is 281 g/mol. The topological polar surface area (TPSA) is 71.6 Å². The van der Waals surface area contributed by atoms with Gasteiger partial charge in [-0.1, -0.05) is 5.16 Å². The minimum atomic E-state index is -0.118. The number of hydrogen-bond donors (Lipinski definition) is 1. The molecule has 1 atom stereocenters. The highest BCUT2D eigenvalue weighted by molar-refractivity contribution is 7.08. The quantitative estimate of drug-likeness (QED) is 0.901. The highest BCUT2D eigenvalue weighted by Gasteiger charge is 2.21. The summed E-state index contributed by atoms with van der Waals surface area (Å²) in [7, 11) is 0. The lowest BCUT2D eigenvalue weighted by atomic mass is 10.3. The Morgan fingerprint density at radius 2 is 2.47 bits per heavy atom. The normalized spacial score (nSPS) is 20.8. The molecule has 102 valence electrons. The van der Waals surface area contributed by atoms with Gasteiger partial charge in [0, 0.05) is 24.0 Å². The standard InChI is InChI=1S/C12H15N3O3S/c16-7-10-5-15(2-3-17-10)6-11-13-12(14-18-11)9-1-4-19-8-9/h1,4,8,10,16H,2-3,5-7H2. The Morgan fingerprint density at radius 3 is 3.26 bits per heavy atom. The molecule has 3 rings (SSSR count). The van der Waals surface area contributed by atoms with E-state index >= 15 is 0 Å². The van der Waals surface area contributed by atoms with E-state index in [9.17, 15) is 0 Å². The van der Waals surface area contributed by atoms with Gasteiger partial charge in [-0.2, -0.15) is 16.3 Å². The van der Waals surface area contributed by atoms with Gasteiger partial charge in [-0.05, 0) is 11.4 Å². The van der Waals surface area contributed by atoms with Crippen molar-refractivity contribution in [1.29, 1.82) is 0 Å². The van der Waals surface area contributed by atoms with Crippen molar-refractivity contribution in [3.63, 3.8) is 0 Å². The van der Waals surface area contributed by atoms with Gasteiger partial charge in [0.1, 0.15) is 0 Å². The molecule has 19 heavy (non-hydrogen) atoms. The predicted molar refractivity (Wildman–Crippen MR) is 69.7 cm³/mol. The molecule has 1 unspecified atom stereocenters. The fourth-order valence-corrected chi connectivity index (χ4v) is 2.69. The van der Waals surface area contributed by atoms with Crippen LogP contribution in [0.25, 0.3) is 11.4 Å². The van der Waals surface area contributed by atoms with Crippen molar-refractivity contribution in [3.8, 4) is 11.4 Å². The SMILES string of the molecule is OCC1CN(Cc2nc(-c3ccsc3)no2)CCO1. The van der Waals surface area contributed by atoms with Crippen LogP contribution in [0.2, 0.25) is 0 Å². The van der Waals surface area contributed by atoms with E-state index in [2.05, 4.69) is 15.0 Å². The highest BCUT2D eigenvalue weighted by Crippen LogP contribution is 2.19. The lowest BCUT2D eigenvalue weighted by molar-refractivity contribution is -0.0571. The van der Waals surface area contributed by atoms with Crippen molar-refractivity contribution in [2.45, 2.75) is 12.6 Å². The average Bonchev–Trinajstić information content (AvgIpc) is 3.09. The third kappa shape index (κ3) is 3.01. The first-order valence-electron chi connectivity index (χ1n) is 6.15. The summed E-state index contributed by atoms with van der Waals surface area (Å²) < 4.78 is 10.7. The Bertz CT molecular complexity index is 514. The largest absolute Gasteiger partial charge is 0.394 e. The van der Waals surface area contributed by atoms with Crippen molar-refractivity contribution in [3.05, 3.63) is 22.7 Å². The summed E-state index contributed by atoms with van der Waals surface area (Å²) >= 11 is 1.61. The van der Waals surface area contributed by atoms with Crippen LogP contribution in [-0.2, 0) is 11.3 Å². The molecular weight excluding hydrogens is 266 g/mol. The molecule has 0 aliphatic carbocycles. The first-order valence-corrected chi connectivity index (χ1v) is 7.09. The molecule has 2 aromatic rings. The van der Waals surface area contributed by atoms with E-state index in [-0.39, 0.29) is 12.7 Å². The lowest BCUT2D eigenvalue weighted by Gasteiger charge is -2.30. The first-order chi connectivity index (χ1) is 9.35. The van der Waals surface area contributed by atoms with Crippen molar-refractivity contribution in [2.75, 3.05) is 26.3 Å². The van der Waals surface area contributed by atoms with Crippen LogP contribution in [0.5, 0.6) is 0 Å². The van der Waals surface area contributed by atoms with Gasteiger partial charge in [-0.3, -0.25) is 4.90 Å². The molecule has 0 bridgehead atoms. The fraction of sp³-hybridized carbons (Fsp3) is 0.500. The van der Waals surface area contributed by atoms with Crippen LogP contribution in [0, 0.1) is 0 Å². The van der Waals surface area contributed by atoms with Crippen LogP contribution in [0.15, 0.2) is 21.3 Å². The number of nitrogens with zero attached hydrogens (tertiary/aromatic N) is 3. The summed E-state index contributed by atoms with van der Waals surface area (Å²) in [6.45, 7) is 2.76. The number of morpholine rings is 1. The molecule has 6 nitrogen and oxygen atoms in total. The highest BCUT2D eigenvalue weighted by atomic mass is 32.1. The Morgan fingerprint density at radius 1 is 1.53 bits per heavy atom. The molecule has 0 spiro atoms. The molecule has 0 radical (unpaired) electrons. The lowest BCUT2D eigenvalue weighted by Crippen LogP contribution is -2.43. The third-order valence-electron chi connectivity index (χ3n) is 3.03. The molecule has 1 aliphatic rings. The van der Waals surface area contributed by atoms with Crippen molar-refractivity contribution in [1.82, 2.24) is 15.0 Å². The average molecular weight is 281 g/mol. The fourth-order valence-electron chi connectivity index (χ4n) is 2.05. The maximum Gasteiger partial charge on any atom is 0.241 e. The Balaban J connectivity index is 1.64.